The summed E-state index contributed by atoms with van der Waals surface area (Å²) in [5.41, 5.74) is 1.51. The average Bonchev–Trinajstić information content (AvgIpc) is 2.58. The first-order valence-electron chi connectivity index (χ1n) is 10.3. The standard InChI is InChI=1S/C22H40N/c1-3-5-7-9-11-12-14-16-22-17-20-23(21-18-22)19-15-13-10-8-6-4-2/h17-18,20-21H,3-16,19H2,1-2H3/q+1. The molecule has 1 rings (SSSR count). The van der Waals surface area contributed by atoms with Gasteiger partial charge in [-0.15, -0.1) is 0 Å². The van der Waals surface area contributed by atoms with Crippen LogP contribution in [-0.2, 0) is 13.0 Å². The van der Waals surface area contributed by atoms with Crippen molar-refractivity contribution in [1.29, 1.82) is 0 Å². The second-order valence-electron chi connectivity index (χ2n) is 7.08. The molecule has 23 heavy (non-hydrogen) atoms. The lowest BCUT2D eigenvalue weighted by Gasteiger charge is -2.03. The number of hydrogen-bond donors (Lipinski definition) is 0. The minimum absolute atomic E-state index is 1.18. The third kappa shape index (κ3) is 11.3. The predicted octanol–water partition coefficient (Wildman–Crippen LogP) is 6.63. The van der Waals surface area contributed by atoms with E-state index in [0.717, 1.165) is 0 Å². The third-order valence-electron chi connectivity index (χ3n) is 4.80. The van der Waals surface area contributed by atoms with Gasteiger partial charge in [0.05, 0.1) is 0 Å². The van der Waals surface area contributed by atoms with Crippen LogP contribution in [-0.4, -0.2) is 0 Å². The molecule has 0 aromatic carbocycles. The zero-order valence-corrected chi connectivity index (χ0v) is 15.9. The molecule has 0 aliphatic heterocycles. The van der Waals surface area contributed by atoms with Crippen molar-refractivity contribution in [2.75, 3.05) is 0 Å². The Bertz CT molecular complexity index is 355. The fourth-order valence-electron chi connectivity index (χ4n) is 3.16. The molecule has 1 aromatic heterocycles. The molecule has 0 fully saturated rings. The van der Waals surface area contributed by atoms with Crippen LogP contribution in [0.4, 0.5) is 0 Å². The highest BCUT2D eigenvalue weighted by molar-refractivity contribution is 5.07. The average molecular weight is 319 g/mol. The van der Waals surface area contributed by atoms with E-state index >= 15 is 0 Å². The summed E-state index contributed by atoms with van der Waals surface area (Å²) in [4.78, 5) is 0. The molecular formula is C22H40N+. The Hall–Kier alpha value is -0.850. The summed E-state index contributed by atoms with van der Waals surface area (Å²) < 4.78 is 2.36. The molecule has 0 aliphatic rings. The molecule has 1 aromatic rings. The third-order valence-corrected chi connectivity index (χ3v) is 4.80. The lowest BCUT2D eigenvalue weighted by molar-refractivity contribution is -0.697. The van der Waals surface area contributed by atoms with Crippen LogP contribution in [0.5, 0.6) is 0 Å². The lowest BCUT2D eigenvalue weighted by Crippen LogP contribution is -2.32. The van der Waals surface area contributed by atoms with E-state index in [9.17, 15) is 0 Å². The van der Waals surface area contributed by atoms with Gasteiger partial charge in [-0.2, -0.15) is 0 Å². The van der Waals surface area contributed by atoms with E-state index < -0.39 is 0 Å². The summed E-state index contributed by atoms with van der Waals surface area (Å²) in [5.74, 6) is 0. The van der Waals surface area contributed by atoms with Crippen LogP contribution in [0.1, 0.15) is 103 Å². The van der Waals surface area contributed by atoms with Gasteiger partial charge in [0.1, 0.15) is 6.54 Å². The quantitative estimate of drug-likeness (QED) is 0.252. The highest BCUT2D eigenvalue weighted by atomic mass is 14.9. The Morgan fingerprint density at radius 2 is 1.09 bits per heavy atom. The van der Waals surface area contributed by atoms with Crippen LogP contribution in [0.25, 0.3) is 0 Å². The summed E-state index contributed by atoms with van der Waals surface area (Å²) in [5, 5.41) is 0. The summed E-state index contributed by atoms with van der Waals surface area (Å²) in [6, 6.07) is 4.66. The number of aryl methyl sites for hydroxylation is 2. The van der Waals surface area contributed by atoms with Gasteiger partial charge in [-0.3, -0.25) is 0 Å². The molecule has 132 valence electrons. The van der Waals surface area contributed by atoms with Gasteiger partial charge < -0.3 is 0 Å². The Labute approximate surface area is 145 Å². The lowest BCUT2D eigenvalue weighted by atomic mass is 10.1. The monoisotopic (exact) mass is 318 g/mol. The first-order valence-corrected chi connectivity index (χ1v) is 10.3. The maximum Gasteiger partial charge on any atom is 0.169 e. The number of unbranched alkanes of at least 4 members (excludes halogenated alkanes) is 11. The summed E-state index contributed by atoms with van der Waals surface area (Å²) >= 11 is 0. The number of aromatic nitrogens is 1. The zero-order chi connectivity index (χ0) is 16.6. The second-order valence-corrected chi connectivity index (χ2v) is 7.08. The van der Waals surface area contributed by atoms with Crippen LogP contribution in [0.3, 0.4) is 0 Å². The molecule has 0 saturated carbocycles. The maximum absolute atomic E-state index is 2.36. The van der Waals surface area contributed by atoms with Crippen LogP contribution in [0.2, 0.25) is 0 Å². The maximum atomic E-state index is 2.36. The molecule has 0 radical (unpaired) electrons. The summed E-state index contributed by atoms with van der Waals surface area (Å²) in [7, 11) is 0. The van der Waals surface area contributed by atoms with Crippen molar-refractivity contribution in [3.63, 3.8) is 0 Å². The largest absolute Gasteiger partial charge is 0.205 e. The first kappa shape index (κ1) is 20.2. The van der Waals surface area contributed by atoms with Crippen LogP contribution < -0.4 is 4.57 Å². The molecule has 0 spiro atoms. The van der Waals surface area contributed by atoms with Crippen molar-refractivity contribution in [2.45, 2.75) is 110 Å². The van der Waals surface area contributed by atoms with E-state index in [2.05, 4.69) is 42.9 Å². The molecule has 0 saturated heterocycles. The van der Waals surface area contributed by atoms with Crippen molar-refractivity contribution >= 4 is 0 Å². The summed E-state index contributed by atoms with van der Waals surface area (Å²) in [6.45, 7) is 5.75. The molecule has 0 bridgehead atoms. The van der Waals surface area contributed by atoms with Gasteiger partial charge >= 0.3 is 0 Å². The van der Waals surface area contributed by atoms with Gasteiger partial charge in [0, 0.05) is 18.6 Å². The van der Waals surface area contributed by atoms with Crippen LogP contribution >= 0.6 is 0 Å². The Morgan fingerprint density at radius 1 is 0.609 bits per heavy atom. The SMILES string of the molecule is CCCCCCCCCc1cc[n+](CCCCCCCC)cc1. The van der Waals surface area contributed by atoms with Crippen molar-refractivity contribution < 1.29 is 4.57 Å². The Balaban J connectivity index is 2.04. The van der Waals surface area contributed by atoms with E-state index in [1.165, 1.54) is 102 Å². The molecule has 1 heteroatoms. The Morgan fingerprint density at radius 3 is 1.65 bits per heavy atom. The normalized spacial score (nSPS) is 11.0. The summed E-state index contributed by atoms with van der Waals surface area (Å²) in [6.07, 6.45) is 23.9. The van der Waals surface area contributed by atoms with Gasteiger partial charge in [0.25, 0.3) is 0 Å². The molecule has 0 N–H and O–H groups in total. The minimum Gasteiger partial charge on any atom is -0.205 e. The minimum atomic E-state index is 1.18. The van der Waals surface area contributed by atoms with Gasteiger partial charge in [-0.05, 0) is 24.8 Å². The van der Waals surface area contributed by atoms with Gasteiger partial charge in [0.15, 0.2) is 12.4 Å². The molecule has 0 atom stereocenters. The van der Waals surface area contributed by atoms with E-state index in [4.69, 9.17) is 0 Å². The van der Waals surface area contributed by atoms with Crippen molar-refractivity contribution in [3.8, 4) is 0 Å². The molecule has 0 aliphatic carbocycles. The molecule has 1 nitrogen and oxygen atoms in total. The van der Waals surface area contributed by atoms with Gasteiger partial charge in [-0.1, -0.05) is 78.1 Å². The number of pyridine rings is 1. The zero-order valence-electron chi connectivity index (χ0n) is 15.9. The molecule has 1 heterocycles. The highest BCUT2D eigenvalue weighted by Crippen LogP contribution is 2.10. The fraction of sp³-hybridized carbons (Fsp3) is 0.773. The van der Waals surface area contributed by atoms with E-state index in [0.29, 0.717) is 0 Å². The fourth-order valence-corrected chi connectivity index (χ4v) is 3.16. The van der Waals surface area contributed by atoms with E-state index in [-0.39, 0.29) is 0 Å². The topological polar surface area (TPSA) is 3.88 Å². The molecule has 0 unspecified atom stereocenters. The van der Waals surface area contributed by atoms with Gasteiger partial charge in [-0.25, -0.2) is 4.57 Å². The van der Waals surface area contributed by atoms with E-state index in [1.54, 1.807) is 0 Å². The Kier molecular flexibility index (Phi) is 12.9. The van der Waals surface area contributed by atoms with Crippen LogP contribution in [0.15, 0.2) is 24.5 Å². The number of rotatable bonds is 15. The first-order chi connectivity index (χ1) is 11.4. The second kappa shape index (κ2) is 14.7. The molecule has 0 amide bonds. The number of nitrogens with zero attached hydrogens (tertiary/aromatic N) is 1. The van der Waals surface area contributed by atoms with Crippen molar-refractivity contribution in [1.82, 2.24) is 0 Å². The van der Waals surface area contributed by atoms with E-state index in [1.807, 2.05) is 0 Å². The van der Waals surface area contributed by atoms with Crippen molar-refractivity contribution in [3.05, 3.63) is 30.1 Å². The highest BCUT2D eigenvalue weighted by Gasteiger charge is 2.01. The van der Waals surface area contributed by atoms with Crippen molar-refractivity contribution in [2.24, 2.45) is 0 Å². The smallest absolute Gasteiger partial charge is 0.169 e. The predicted molar refractivity (Wildman–Crippen MR) is 102 cm³/mol. The van der Waals surface area contributed by atoms with Crippen LogP contribution in [0, 0.1) is 0 Å². The number of hydrogen-bond acceptors (Lipinski definition) is 0. The molecular weight excluding hydrogens is 278 g/mol. The van der Waals surface area contributed by atoms with Gasteiger partial charge in [0.2, 0.25) is 0 Å².